The van der Waals surface area contributed by atoms with Crippen molar-refractivity contribution < 1.29 is 14.3 Å². The molecule has 136 valence electrons. The molecule has 8 heteroatoms. The average molecular weight is 357 g/mol. The highest BCUT2D eigenvalue weighted by molar-refractivity contribution is 5.91. The summed E-state index contributed by atoms with van der Waals surface area (Å²) in [6.07, 6.45) is 2.97. The molecule has 2 rings (SSSR count). The topological polar surface area (TPSA) is 110 Å². The number of anilines is 1. The van der Waals surface area contributed by atoms with Crippen molar-refractivity contribution in [3.05, 3.63) is 68.7 Å². The molecule has 2 aromatic rings. The second-order valence-electron chi connectivity index (χ2n) is 5.30. The number of nitrogens with one attached hydrogen (secondary N) is 2. The number of hydrogen-bond donors (Lipinski definition) is 2. The van der Waals surface area contributed by atoms with Gasteiger partial charge in [-0.3, -0.25) is 19.5 Å². The van der Waals surface area contributed by atoms with Crippen molar-refractivity contribution in [2.75, 3.05) is 11.9 Å². The molecular weight excluding hydrogens is 338 g/mol. The highest BCUT2D eigenvalue weighted by atomic mass is 16.5. The quantitative estimate of drug-likeness (QED) is 0.570. The fourth-order valence-electron chi connectivity index (χ4n) is 2.10. The molecule has 0 aliphatic rings. The number of H-pyrrole nitrogens is 1. The third-order valence-electron chi connectivity index (χ3n) is 3.34. The maximum atomic E-state index is 12.0. The molecule has 26 heavy (non-hydrogen) atoms. The van der Waals surface area contributed by atoms with E-state index in [1.54, 1.807) is 37.3 Å². The Bertz CT molecular complexity index is 909. The van der Waals surface area contributed by atoms with Crippen LogP contribution in [0.5, 0.6) is 0 Å². The van der Waals surface area contributed by atoms with Crippen LogP contribution in [0.4, 0.5) is 5.69 Å². The van der Waals surface area contributed by atoms with Crippen LogP contribution in [0.15, 0.2) is 52.1 Å². The first-order chi connectivity index (χ1) is 12.5. The molecule has 1 amide bonds. The van der Waals surface area contributed by atoms with Crippen molar-refractivity contribution >= 4 is 23.6 Å². The highest BCUT2D eigenvalue weighted by Crippen LogP contribution is 2.11. The van der Waals surface area contributed by atoms with E-state index in [1.165, 1.54) is 6.08 Å². The number of nitrogens with zero attached hydrogens (tertiary/aromatic N) is 1. The summed E-state index contributed by atoms with van der Waals surface area (Å²) in [5.41, 5.74) is 0.577. The zero-order valence-electron chi connectivity index (χ0n) is 14.2. The van der Waals surface area contributed by atoms with Gasteiger partial charge < -0.3 is 10.1 Å². The summed E-state index contributed by atoms with van der Waals surface area (Å²) in [5, 5.41) is 5.05. The van der Waals surface area contributed by atoms with E-state index in [4.69, 9.17) is 4.74 Å². The van der Waals surface area contributed by atoms with Gasteiger partial charge in [-0.2, -0.15) is 0 Å². The molecule has 0 aliphatic heterocycles. The Balaban J connectivity index is 1.89. The van der Waals surface area contributed by atoms with Crippen molar-refractivity contribution in [1.82, 2.24) is 9.78 Å². The van der Waals surface area contributed by atoms with Gasteiger partial charge in [0.25, 0.3) is 11.1 Å². The summed E-state index contributed by atoms with van der Waals surface area (Å²) in [5.74, 6) is -0.713. The first-order valence-electron chi connectivity index (χ1n) is 8.03. The van der Waals surface area contributed by atoms with Gasteiger partial charge in [0, 0.05) is 30.3 Å². The molecule has 0 aliphatic carbocycles. The predicted octanol–water partition coefficient (Wildman–Crippen LogP) is 1.14. The SMILES string of the molecule is CCOC(=O)C=Cc1ccc(NC(=O)CCn2[nH]c(=O)ccc2=O)cc1. The van der Waals surface area contributed by atoms with E-state index in [0.717, 1.165) is 22.4 Å². The van der Waals surface area contributed by atoms with Crippen LogP contribution in [-0.2, 0) is 20.9 Å². The van der Waals surface area contributed by atoms with Crippen LogP contribution in [0.1, 0.15) is 18.9 Å². The Labute approximate surface area is 149 Å². The lowest BCUT2D eigenvalue weighted by atomic mass is 10.2. The minimum atomic E-state index is -0.418. The number of carbonyl (C=O) groups excluding carboxylic acids is 2. The number of aromatic nitrogens is 2. The normalized spacial score (nSPS) is 10.7. The highest BCUT2D eigenvalue weighted by Gasteiger charge is 2.04. The van der Waals surface area contributed by atoms with Crippen molar-refractivity contribution in [3.63, 3.8) is 0 Å². The van der Waals surface area contributed by atoms with Gasteiger partial charge in [-0.1, -0.05) is 12.1 Å². The molecule has 8 nitrogen and oxygen atoms in total. The molecule has 1 aromatic heterocycles. The van der Waals surface area contributed by atoms with E-state index < -0.39 is 11.5 Å². The smallest absolute Gasteiger partial charge is 0.330 e. The first kappa shape index (κ1) is 18.9. The standard InChI is InChI=1S/C18H19N3O5/c1-2-26-18(25)10-5-13-3-6-14(7-4-13)19-15(22)11-12-21-17(24)9-8-16(23)20-21/h3-10H,2,11-12H2,1H3,(H,19,22)(H,20,23). The molecule has 0 unspecified atom stereocenters. The van der Waals surface area contributed by atoms with Gasteiger partial charge in [-0.05, 0) is 30.7 Å². The van der Waals surface area contributed by atoms with Crippen molar-refractivity contribution in [2.24, 2.45) is 0 Å². The van der Waals surface area contributed by atoms with Crippen LogP contribution in [0.2, 0.25) is 0 Å². The van der Waals surface area contributed by atoms with E-state index in [2.05, 4.69) is 10.4 Å². The first-order valence-corrected chi connectivity index (χ1v) is 8.03. The van der Waals surface area contributed by atoms with Crippen LogP contribution >= 0.6 is 0 Å². The zero-order valence-corrected chi connectivity index (χ0v) is 14.2. The maximum Gasteiger partial charge on any atom is 0.330 e. The summed E-state index contributed by atoms with van der Waals surface area (Å²) < 4.78 is 5.88. The monoisotopic (exact) mass is 357 g/mol. The third-order valence-corrected chi connectivity index (χ3v) is 3.34. The minimum Gasteiger partial charge on any atom is -0.463 e. The van der Waals surface area contributed by atoms with Gasteiger partial charge in [0.1, 0.15) is 0 Å². The molecule has 0 saturated carbocycles. The Hall–Kier alpha value is -3.42. The molecule has 1 aromatic carbocycles. The molecule has 0 fully saturated rings. The molecular formula is C18H19N3O5. The van der Waals surface area contributed by atoms with Crippen molar-refractivity contribution in [1.29, 1.82) is 0 Å². The van der Waals surface area contributed by atoms with Gasteiger partial charge in [-0.25, -0.2) is 9.48 Å². The molecule has 2 N–H and O–H groups in total. The van der Waals surface area contributed by atoms with Crippen LogP contribution < -0.4 is 16.4 Å². The molecule has 0 spiro atoms. The fourth-order valence-corrected chi connectivity index (χ4v) is 2.10. The van der Waals surface area contributed by atoms with Gasteiger partial charge in [-0.15, -0.1) is 0 Å². The number of benzene rings is 1. The van der Waals surface area contributed by atoms with E-state index in [1.807, 2.05) is 0 Å². The fraction of sp³-hybridized carbons (Fsp3) is 0.222. The number of aromatic amines is 1. The Kier molecular flexibility index (Phi) is 6.67. The van der Waals surface area contributed by atoms with Gasteiger partial charge in [0.2, 0.25) is 5.91 Å². The largest absolute Gasteiger partial charge is 0.463 e. The van der Waals surface area contributed by atoms with Gasteiger partial charge in [0.15, 0.2) is 0 Å². The summed E-state index contributed by atoms with van der Waals surface area (Å²) in [7, 11) is 0. The molecule has 1 heterocycles. The lowest BCUT2D eigenvalue weighted by Gasteiger charge is -2.07. The van der Waals surface area contributed by atoms with E-state index in [0.29, 0.717) is 12.3 Å². The minimum absolute atomic E-state index is 0.0321. The lowest BCUT2D eigenvalue weighted by molar-refractivity contribution is -0.137. The van der Waals surface area contributed by atoms with Crippen LogP contribution in [0, 0.1) is 0 Å². The molecule has 0 atom stereocenters. The summed E-state index contributed by atoms with van der Waals surface area (Å²) in [6.45, 7) is 2.12. The van der Waals surface area contributed by atoms with Gasteiger partial charge in [0.05, 0.1) is 13.2 Å². The number of rotatable bonds is 7. The Morgan fingerprint density at radius 3 is 2.58 bits per heavy atom. The average Bonchev–Trinajstić information content (AvgIpc) is 2.62. The number of carbonyl (C=O) groups is 2. The number of amides is 1. The van der Waals surface area contributed by atoms with E-state index in [9.17, 15) is 19.2 Å². The maximum absolute atomic E-state index is 12.0. The van der Waals surface area contributed by atoms with Crippen LogP contribution in [0.25, 0.3) is 6.08 Å². The molecule has 0 bridgehead atoms. The lowest BCUT2D eigenvalue weighted by Crippen LogP contribution is -2.29. The predicted molar refractivity (Wildman–Crippen MR) is 96.7 cm³/mol. The van der Waals surface area contributed by atoms with E-state index >= 15 is 0 Å². The van der Waals surface area contributed by atoms with Crippen molar-refractivity contribution in [3.8, 4) is 0 Å². The number of hydrogen-bond acceptors (Lipinski definition) is 5. The second-order valence-corrected chi connectivity index (χ2v) is 5.30. The van der Waals surface area contributed by atoms with Gasteiger partial charge >= 0.3 is 5.97 Å². The summed E-state index contributed by atoms with van der Waals surface area (Å²) >= 11 is 0. The van der Waals surface area contributed by atoms with Crippen LogP contribution in [-0.4, -0.2) is 28.3 Å². The Morgan fingerprint density at radius 2 is 1.88 bits per heavy atom. The van der Waals surface area contributed by atoms with Crippen molar-refractivity contribution in [2.45, 2.75) is 19.9 Å². The summed E-state index contributed by atoms with van der Waals surface area (Å²) in [4.78, 5) is 46.0. The molecule has 0 saturated heterocycles. The summed E-state index contributed by atoms with van der Waals surface area (Å²) in [6, 6.07) is 9.16. The second kappa shape index (κ2) is 9.16. The van der Waals surface area contributed by atoms with Crippen LogP contribution in [0.3, 0.4) is 0 Å². The number of ether oxygens (including phenoxy) is 1. The molecule has 0 radical (unpaired) electrons. The zero-order chi connectivity index (χ0) is 18.9. The number of aryl methyl sites for hydroxylation is 1. The number of esters is 1. The van der Waals surface area contributed by atoms with E-state index in [-0.39, 0.29) is 24.4 Å². The third kappa shape index (κ3) is 5.90. The Morgan fingerprint density at radius 1 is 1.15 bits per heavy atom.